The zero-order chi connectivity index (χ0) is 15.6. The topological polar surface area (TPSA) is 0 Å². The molecule has 0 aliphatic heterocycles. The van der Waals surface area contributed by atoms with E-state index in [0.717, 1.165) is 0 Å². The van der Waals surface area contributed by atoms with Gasteiger partial charge in [0.05, 0.1) is 0 Å². The Morgan fingerprint density at radius 3 is 1.69 bits per heavy atom. The molecule has 2 unspecified atom stereocenters. The summed E-state index contributed by atoms with van der Waals surface area (Å²) in [5, 5.41) is 0. The van der Waals surface area contributed by atoms with Crippen LogP contribution in [0.2, 0.25) is 0 Å². The second-order valence-electron chi connectivity index (χ2n) is 6.83. The third kappa shape index (κ3) is 4.44. The maximum Gasteiger partial charge on any atom is 2.00 e. The smallest absolute Gasteiger partial charge is 1.00 e. The largest absolute Gasteiger partial charge is 2.00 e. The molecule has 0 fully saturated rings. The van der Waals surface area contributed by atoms with Crippen LogP contribution in [0, 0.1) is 5.92 Å². The molecule has 2 atom stereocenters. The molecule has 0 aromatic heterocycles. The zero-order valence-corrected chi connectivity index (χ0v) is 19.0. The fourth-order valence-corrected chi connectivity index (χ4v) is 4.32. The molecular formula is C23H24Cl2Zr. The van der Waals surface area contributed by atoms with E-state index in [0.29, 0.717) is 17.8 Å². The summed E-state index contributed by atoms with van der Waals surface area (Å²) < 4.78 is 0. The van der Waals surface area contributed by atoms with E-state index < -0.39 is 0 Å². The first-order chi connectivity index (χ1) is 11.4. The minimum atomic E-state index is 0. The van der Waals surface area contributed by atoms with E-state index in [9.17, 15) is 0 Å². The van der Waals surface area contributed by atoms with E-state index in [-0.39, 0.29) is 51.0 Å². The van der Waals surface area contributed by atoms with Crippen molar-refractivity contribution in [2.24, 2.45) is 5.92 Å². The molecular weight excluding hydrogens is 438 g/mol. The number of benzene rings is 2. The average Bonchev–Trinajstić information content (AvgIpc) is 3.21. The summed E-state index contributed by atoms with van der Waals surface area (Å²) in [4.78, 5) is 0. The summed E-state index contributed by atoms with van der Waals surface area (Å²) in [5.41, 5.74) is 5.86. The SMILES string of the molecule is CCCCC(C1C=Cc2ccccc21)C1C=Cc2ccccc21.[Cl-].[Cl-].[Zr+2]. The number of rotatable bonds is 5. The fourth-order valence-electron chi connectivity index (χ4n) is 4.32. The Bertz CT molecular complexity index is 705. The molecule has 0 nitrogen and oxygen atoms in total. The molecule has 0 saturated heterocycles. The van der Waals surface area contributed by atoms with Crippen molar-refractivity contribution in [1.29, 1.82) is 0 Å². The summed E-state index contributed by atoms with van der Waals surface area (Å²) in [5.74, 6) is 1.77. The molecule has 0 bridgehead atoms. The van der Waals surface area contributed by atoms with Crippen LogP contribution in [0.1, 0.15) is 60.3 Å². The second-order valence-corrected chi connectivity index (χ2v) is 6.83. The van der Waals surface area contributed by atoms with E-state index >= 15 is 0 Å². The van der Waals surface area contributed by atoms with Gasteiger partial charge in [-0.05, 0) is 34.6 Å². The quantitative estimate of drug-likeness (QED) is 0.605. The normalized spacial score (nSPS) is 19.6. The molecule has 0 saturated carbocycles. The molecule has 3 heteroatoms. The molecule has 4 rings (SSSR count). The Balaban J connectivity index is 0.00000113. The molecule has 2 aromatic carbocycles. The van der Waals surface area contributed by atoms with Crippen molar-refractivity contribution in [2.45, 2.75) is 38.0 Å². The van der Waals surface area contributed by atoms with Crippen LogP contribution in [-0.4, -0.2) is 0 Å². The second kappa shape index (κ2) is 10.6. The van der Waals surface area contributed by atoms with Crippen LogP contribution < -0.4 is 24.8 Å². The third-order valence-corrected chi connectivity index (χ3v) is 5.49. The molecule has 26 heavy (non-hydrogen) atoms. The van der Waals surface area contributed by atoms with Crippen molar-refractivity contribution in [3.8, 4) is 0 Å². The molecule has 0 spiro atoms. The Hall–Kier alpha value is -0.617. The molecule has 134 valence electrons. The van der Waals surface area contributed by atoms with Gasteiger partial charge in [0.2, 0.25) is 0 Å². The van der Waals surface area contributed by atoms with Crippen LogP contribution in [0.15, 0.2) is 60.7 Å². The third-order valence-electron chi connectivity index (χ3n) is 5.49. The van der Waals surface area contributed by atoms with Gasteiger partial charge in [0, 0.05) is 11.8 Å². The van der Waals surface area contributed by atoms with Crippen molar-refractivity contribution < 1.29 is 51.0 Å². The van der Waals surface area contributed by atoms with E-state index in [1.54, 1.807) is 0 Å². The van der Waals surface area contributed by atoms with Crippen molar-refractivity contribution >= 4 is 12.2 Å². The van der Waals surface area contributed by atoms with Gasteiger partial charge in [0.1, 0.15) is 0 Å². The summed E-state index contributed by atoms with van der Waals surface area (Å²) >= 11 is 0. The minimum Gasteiger partial charge on any atom is -1.00 e. The number of hydrogen-bond acceptors (Lipinski definition) is 0. The Morgan fingerprint density at radius 1 is 0.769 bits per heavy atom. The maximum absolute atomic E-state index is 2.44. The molecule has 0 heterocycles. The monoisotopic (exact) mass is 460 g/mol. The fraction of sp³-hybridized carbons (Fsp3) is 0.304. The van der Waals surface area contributed by atoms with Gasteiger partial charge < -0.3 is 24.8 Å². The first kappa shape index (κ1) is 23.4. The predicted molar refractivity (Wildman–Crippen MR) is 99.4 cm³/mol. The van der Waals surface area contributed by atoms with Gasteiger partial charge in [-0.3, -0.25) is 0 Å². The van der Waals surface area contributed by atoms with Crippen LogP contribution >= 0.6 is 0 Å². The van der Waals surface area contributed by atoms with Crippen LogP contribution in [0.4, 0.5) is 0 Å². The van der Waals surface area contributed by atoms with Crippen LogP contribution in [0.5, 0.6) is 0 Å². The van der Waals surface area contributed by atoms with Gasteiger partial charge in [-0.15, -0.1) is 0 Å². The first-order valence-electron chi connectivity index (χ1n) is 8.92. The van der Waals surface area contributed by atoms with Gasteiger partial charge in [-0.2, -0.15) is 0 Å². The van der Waals surface area contributed by atoms with E-state index in [2.05, 4.69) is 79.8 Å². The van der Waals surface area contributed by atoms with Gasteiger partial charge in [0.15, 0.2) is 0 Å². The van der Waals surface area contributed by atoms with Gasteiger partial charge in [-0.25, -0.2) is 0 Å². The first-order valence-corrected chi connectivity index (χ1v) is 8.92. The summed E-state index contributed by atoms with van der Waals surface area (Å²) in [6, 6.07) is 17.8. The zero-order valence-electron chi connectivity index (χ0n) is 15.0. The van der Waals surface area contributed by atoms with E-state index in [4.69, 9.17) is 0 Å². The Labute approximate surface area is 189 Å². The molecule has 2 aliphatic carbocycles. The van der Waals surface area contributed by atoms with Gasteiger partial charge in [0.25, 0.3) is 0 Å². The number of unbranched alkanes of at least 4 members (excludes halogenated alkanes) is 1. The summed E-state index contributed by atoms with van der Waals surface area (Å²) in [6.07, 6.45) is 13.4. The number of hydrogen-bond donors (Lipinski definition) is 0. The summed E-state index contributed by atoms with van der Waals surface area (Å²) in [6.45, 7) is 2.30. The van der Waals surface area contributed by atoms with Crippen molar-refractivity contribution in [2.75, 3.05) is 0 Å². The van der Waals surface area contributed by atoms with Crippen molar-refractivity contribution in [3.63, 3.8) is 0 Å². The Morgan fingerprint density at radius 2 is 1.23 bits per heavy atom. The van der Waals surface area contributed by atoms with E-state index in [1.165, 1.54) is 41.5 Å². The standard InChI is InChI=1S/C23H24.2ClH.Zr/c1-2-3-10-21(22-15-13-17-8-4-6-11-19(17)22)23-16-14-18-9-5-7-12-20(18)23;;;/h4-9,11-16,21-23H,2-3,10H2,1H3;2*1H;/q;;;+2/p-2. The number of allylic oxidation sites excluding steroid dienone is 2. The van der Waals surface area contributed by atoms with Gasteiger partial charge >= 0.3 is 26.2 Å². The molecule has 0 radical (unpaired) electrons. The van der Waals surface area contributed by atoms with E-state index in [1.807, 2.05) is 0 Å². The number of fused-ring (bicyclic) bond motifs is 2. The van der Waals surface area contributed by atoms with Crippen molar-refractivity contribution in [3.05, 3.63) is 82.9 Å². The van der Waals surface area contributed by atoms with Crippen LogP contribution in [0.25, 0.3) is 12.2 Å². The Kier molecular flexibility index (Phi) is 9.59. The molecule has 0 amide bonds. The van der Waals surface area contributed by atoms with Crippen molar-refractivity contribution in [1.82, 2.24) is 0 Å². The maximum atomic E-state index is 2.44. The predicted octanol–water partition coefficient (Wildman–Crippen LogP) is 0.420. The molecule has 0 N–H and O–H groups in total. The molecule has 2 aliphatic rings. The van der Waals surface area contributed by atoms with Crippen LogP contribution in [-0.2, 0) is 26.2 Å². The average molecular weight is 463 g/mol. The minimum absolute atomic E-state index is 0. The summed E-state index contributed by atoms with van der Waals surface area (Å²) in [7, 11) is 0. The van der Waals surface area contributed by atoms with Gasteiger partial charge in [-0.1, -0.05) is 92.6 Å². The number of halogens is 2. The van der Waals surface area contributed by atoms with Crippen LogP contribution in [0.3, 0.4) is 0 Å². The molecule has 2 aromatic rings.